The van der Waals surface area contributed by atoms with E-state index in [1.165, 1.54) is 6.21 Å². The van der Waals surface area contributed by atoms with Gasteiger partial charge in [0, 0.05) is 29.7 Å². The average molecular weight is 283 g/mol. The molecule has 0 atom stereocenters. The fraction of sp³-hybridized carbons (Fsp3) is 0.0714. The van der Waals surface area contributed by atoms with Crippen molar-refractivity contribution in [3.05, 3.63) is 54.0 Å². The second kappa shape index (κ2) is 9.79. The van der Waals surface area contributed by atoms with Crippen LogP contribution >= 0.6 is 0 Å². The standard InChI is InChI=1S/C14H17N7/c1-3-5-12(8-16-2)10-18-20-14(15)21-19-11-13-6-4-7-17-9-13/h3-11H,2H2,1H3,(H3,15,20,21)/b5-3-,12-8+,18-10-,19-11-. The zero-order chi connectivity index (χ0) is 15.3. The van der Waals surface area contributed by atoms with E-state index in [0.717, 1.165) is 11.1 Å². The van der Waals surface area contributed by atoms with Crippen LogP contribution in [0.3, 0.4) is 0 Å². The largest absolute Gasteiger partial charge is 0.272 e. The monoisotopic (exact) mass is 283 g/mol. The second-order valence-corrected chi connectivity index (χ2v) is 3.71. The number of nitrogens with zero attached hydrogens (tertiary/aromatic N) is 4. The first-order chi connectivity index (χ1) is 10.3. The Kier molecular flexibility index (Phi) is 7.44. The first-order valence-corrected chi connectivity index (χ1v) is 6.11. The fourth-order valence-electron chi connectivity index (χ4n) is 1.24. The van der Waals surface area contributed by atoms with E-state index >= 15 is 0 Å². The molecule has 0 spiro atoms. The van der Waals surface area contributed by atoms with Gasteiger partial charge in [0.25, 0.3) is 0 Å². The minimum absolute atomic E-state index is 0.0576. The highest BCUT2D eigenvalue weighted by Gasteiger charge is 1.90. The maximum atomic E-state index is 7.56. The Hall–Kier alpha value is -3.09. The summed E-state index contributed by atoms with van der Waals surface area (Å²) >= 11 is 0. The molecule has 1 heterocycles. The van der Waals surface area contributed by atoms with E-state index in [-0.39, 0.29) is 5.96 Å². The van der Waals surface area contributed by atoms with Gasteiger partial charge in [-0.2, -0.15) is 10.2 Å². The molecule has 0 unspecified atom stereocenters. The van der Waals surface area contributed by atoms with Crippen molar-refractivity contribution in [2.45, 2.75) is 6.92 Å². The van der Waals surface area contributed by atoms with E-state index in [0.29, 0.717) is 0 Å². The molecule has 7 nitrogen and oxygen atoms in total. The molecule has 0 aliphatic heterocycles. The fourth-order valence-corrected chi connectivity index (χ4v) is 1.24. The van der Waals surface area contributed by atoms with Crippen LogP contribution in [0.2, 0.25) is 0 Å². The summed E-state index contributed by atoms with van der Waals surface area (Å²) in [5.41, 5.74) is 6.57. The summed E-state index contributed by atoms with van der Waals surface area (Å²) in [5, 5.41) is 15.3. The van der Waals surface area contributed by atoms with Crippen molar-refractivity contribution in [1.82, 2.24) is 15.8 Å². The van der Waals surface area contributed by atoms with Gasteiger partial charge in [-0.15, -0.1) is 0 Å². The van der Waals surface area contributed by atoms with Crippen LogP contribution < -0.4 is 10.9 Å². The van der Waals surface area contributed by atoms with E-state index in [2.05, 4.69) is 37.7 Å². The third kappa shape index (κ3) is 7.16. The molecule has 0 saturated heterocycles. The van der Waals surface area contributed by atoms with Crippen LogP contribution in [0.1, 0.15) is 12.5 Å². The highest BCUT2D eigenvalue weighted by atomic mass is 15.4. The minimum Gasteiger partial charge on any atom is -0.272 e. The molecule has 1 rings (SSSR count). The Morgan fingerprint density at radius 2 is 2.19 bits per heavy atom. The molecule has 108 valence electrons. The molecule has 0 saturated carbocycles. The lowest BCUT2D eigenvalue weighted by molar-refractivity contribution is 0.893. The number of pyridine rings is 1. The lowest BCUT2D eigenvalue weighted by Crippen LogP contribution is -2.29. The van der Waals surface area contributed by atoms with E-state index in [4.69, 9.17) is 5.41 Å². The maximum absolute atomic E-state index is 7.56. The van der Waals surface area contributed by atoms with Crippen molar-refractivity contribution in [3.63, 3.8) is 0 Å². The number of aromatic nitrogens is 1. The van der Waals surface area contributed by atoms with Crippen molar-refractivity contribution in [2.75, 3.05) is 0 Å². The van der Waals surface area contributed by atoms with Gasteiger partial charge in [0.15, 0.2) is 0 Å². The number of hydrogen-bond donors (Lipinski definition) is 3. The average Bonchev–Trinajstić information content (AvgIpc) is 2.49. The Labute approximate surface area is 123 Å². The van der Waals surface area contributed by atoms with E-state index in [9.17, 15) is 0 Å². The van der Waals surface area contributed by atoms with Crippen molar-refractivity contribution < 1.29 is 0 Å². The number of hydrogen-bond acceptors (Lipinski definition) is 5. The third-order valence-electron chi connectivity index (χ3n) is 2.06. The van der Waals surface area contributed by atoms with Crippen molar-refractivity contribution in [3.8, 4) is 0 Å². The van der Waals surface area contributed by atoms with E-state index in [1.54, 1.807) is 30.9 Å². The molecule has 0 amide bonds. The van der Waals surface area contributed by atoms with E-state index < -0.39 is 0 Å². The number of aliphatic imine (C=N–C) groups is 1. The van der Waals surface area contributed by atoms with Crippen LogP contribution in [0.25, 0.3) is 0 Å². The van der Waals surface area contributed by atoms with Gasteiger partial charge in [-0.3, -0.25) is 15.4 Å². The molecule has 0 bridgehead atoms. The molecule has 0 fully saturated rings. The van der Waals surface area contributed by atoms with Gasteiger partial charge in [0.2, 0.25) is 5.96 Å². The summed E-state index contributed by atoms with van der Waals surface area (Å²) in [4.78, 5) is 7.60. The molecular formula is C14H17N7. The van der Waals surface area contributed by atoms with E-state index in [1.807, 2.05) is 25.1 Å². The zero-order valence-electron chi connectivity index (χ0n) is 11.7. The van der Waals surface area contributed by atoms with Gasteiger partial charge in [-0.1, -0.05) is 18.2 Å². The molecule has 3 N–H and O–H groups in total. The van der Waals surface area contributed by atoms with Crippen LogP contribution in [0.4, 0.5) is 0 Å². The smallest absolute Gasteiger partial charge is 0.230 e. The van der Waals surface area contributed by atoms with Gasteiger partial charge >= 0.3 is 0 Å². The van der Waals surface area contributed by atoms with Crippen LogP contribution in [-0.2, 0) is 0 Å². The van der Waals surface area contributed by atoms with Crippen molar-refractivity contribution in [2.24, 2.45) is 15.2 Å². The van der Waals surface area contributed by atoms with Crippen LogP contribution in [0.5, 0.6) is 0 Å². The van der Waals surface area contributed by atoms with Crippen LogP contribution in [0.15, 0.2) is 63.6 Å². The summed E-state index contributed by atoms with van der Waals surface area (Å²) in [6.45, 7) is 5.26. The first-order valence-electron chi connectivity index (χ1n) is 6.11. The van der Waals surface area contributed by atoms with Crippen molar-refractivity contribution >= 4 is 25.1 Å². The summed E-state index contributed by atoms with van der Waals surface area (Å²) in [5.74, 6) is -0.0576. The van der Waals surface area contributed by atoms with Crippen molar-refractivity contribution in [1.29, 1.82) is 5.41 Å². The Morgan fingerprint density at radius 3 is 2.86 bits per heavy atom. The number of rotatable bonds is 6. The third-order valence-corrected chi connectivity index (χ3v) is 2.06. The minimum atomic E-state index is -0.0576. The van der Waals surface area contributed by atoms with Crippen LogP contribution in [0, 0.1) is 5.41 Å². The summed E-state index contributed by atoms with van der Waals surface area (Å²) in [7, 11) is 0. The molecule has 21 heavy (non-hydrogen) atoms. The Morgan fingerprint density at radius 1 is 1.38 bits per heavy atom. The predicted octanol–water partition coefficient (Wildman–Crippen LogP) is 1.68. The number of hydrazone groups is 2. The molecule has 1 aromatic heterocycles. The highest BCUT2D eigenvalue weighted by molar-refractivity contribution is 5.85. The molecule has 0 aliphatic carbocycles. The highest BCUT2D eigenvalue weighted by Crippen LogP contribution is 1.93. The SMILES string of the molecule is C=N/C=C(\C=C/C)/C=N\NC(=N)N/N=C\c1cccnc1. The summed E-state index contributed by atoms with van der Waals surface area (Å²) < 4.78 is 0. The molecule has 7 heteroatoms. The van der Waals surface area contributed by atoms with Gasteiger partial charge < -0.3 is 0 Å². The summed E-state index contributed by atoms with van der Waals surface area (Å²) in [6, 6.07) is 3.65. The number of guanidine groups is 1. The second-order valence-electron chi connectivity index (χ2n) is 3.71. The first kappa shape index (κ1) is 16.0. The van der Waals surface area contributed by atoms with Gasteiger partial charge in [0.1, 0.15) is 0 Å². The number of nitrogens with one attached hydrogen (secondary N) is 3. The molecule has 1 aromatic rings. The van der Waals surface area contributed by atoms with Gasteiger partial charge in [-0.05, 0) is 19.7 Å². The predicted molar refractivity (Wildman–Crippen MR) is 86.8 cm³/mol. The molecule has 0 radical (unpaired) electrons. The quantitative estimate of drug-likeness (QED) is 0.320. The Balaban J connectivity index is 2.42. The topological polar surface area (TPSA) is 97.9 Å². The number of allylic oxidation sites excluding steroid dienone is 3. The molecular weight excluding hydrogens is 266 g/mol. The van der Waals surface area contributed by atoms with Gasteiger partial charge in [0.05, 0.1) is 12.4 Å². The lowest BCUT2D eigenvalue weighted by atomic mass is 10.3. The van der Waals surface area contributed by atoms with Gasteiger partial charge in [-0.25, -0.2) is 10.9 Å². The zero-order valence-corrected chi connectivity index (χ0v) is 11.7. The molecule has 0 aromatic carbocycles. The lowest BCUT2D eigenvalue weighted by Gasteiger charge is -2.00. The van der Waals surface area contributed by atoms with Crippen LogP contribution in [-0.4, -0.2) is 30.1 Å². The maximum Gasteiger partial charge on any atom is 0.230 e. The molecule has 0 aliphatic rings. The summed E-state index contributed by atoms with van der Waals surface area (Å²) in [6.07, 6.45) is 11.6. The normalized spacial score (nSPS) is 12.1. The Bertz CT molecular complexity index is 570.